The lowest BCUT2D eigenvalue weighted by Crippen LogP contribution is -2.30. The third-order valence-electron chi connectivity index (χ3n) is 4.46. The van der Waals surface area contributed by atoms with Gasteiger partial charge in [0.25, 0.3) is 5.91 Å². The number of esters is 1. The fourth-order valence-electron chi connectivity index (χ4n) is 2.96. The molecule has 0 fully saturated rings. The number of nitrogens with one attached hydrogen (secondary N) is 2. The van der Waals surface area contributed by atoms with Gasteiger partial charge in [0.1, 0.15) is 5.00 Å². The second-order valence-corrected chi connectivity index (χ2v) is 8.00. The van der Waals surface area contributed by atoms with Gasteiger partial charge in [0, 0.05) is 13.6 Å². The number of alkyl halides is 3. The first-order valence-corrected chi connectivity index (χ1v) is 10.5. The van der Waals surface area contributed by atoms with Gasteiger partial charge in [0.15, 0.2) is 0 Å². The summed E-state index contributed by atoms with van der Waals surface area (Å²) in [6.45, 7) is 3.53. The lowest BCUT2D eigenvalue weighted by atomic mass is 10.1. The van der Waals surface area contributed by atoms with Crippen molar-refractivity contribution in [1.29, 1.82) is 0 Å². The van der Waals surface area contributed by atoms with Gasteiger partial charge in [0.05, 0.1) is 29.2 Å². The number of nitrogens with zero attached hydrogens (tertiary/aromatic N) is 1. The van der Waals surface area contributed by atoms with Gasteiger partial charge >= 0.3 is 12.1 Å². The van der Waals surface area contributed by atoms with Crippen LogP contribution in [0.4, 0.5) is 18.2 Å². The maximum absolute atomic E-state index is 12.7. The molecule has 2 N–H and O–H groups in total. The zero-order valence-electron chi connectivity index (χ0n) is 18.1. The van der Waals surface area contributed by atoms with Crippen molar-refractivity contribution >= 4 is 34.1 Å². The number of halogens is 3. The Morgan fingerprint density at radius 1 is 1.16 bits per heavy atom. The lowest BCUT2D eigenvalue weighted by molar-refractivity contribution is -0.137. The van der Waals surface area contributed by atoms with Gasteiger partial charge in [-0.15, -0.1) is 11.3 Å². The molecule has 2 amide bonds. The Balaban J connectivity index is 2.11. The van der Waals surface area contributed by atoms with E-state index in [1.165, 1.54) is 19.2 Å². The topological polar surface area (TPSA) is 87.7 Å². The molecule has 0 unspecified atom stereocenters. The Hall–Kier alpha value is -2.92. The van der Waals surface area contributed by atoms with Gasteiger partial charge in [0.2, 0.25) is 5.91 Å². The molecule has 2 aromatic rings. The zero-order chi connectivity index (χ0) is 24.1. The number of amides is 2. The Morgan fingerprint density at radius 3 is 2.31 bits per heavy atom. The first kappa shape index (κ1) is 25.3. The molecule has 0 radical (unpaired) electrons. The van der Waals surface area contributed by atoms with Crippen LogP contribution in [-0.4, -0.2) is 49.9 Å². The van der Waals surface area contributed by atoms with E-state index in [4.69, 9.17) is 4.74 Å². The summed E-state index contributed by atoms with van der Waals surface area (Å²) in [7, 11) is 3.10. The van der Waals surface area contributed by atoms with Crippen molar-refractivity contribution in [2.24, 2.45) is 0 Å². The molecule has 2 rings (SSSR count). The third-order valence-corrected chi connectivity index (χ3v) is 5.67. The molecule has 32 heavy (non-hydrogen) atoms. The minimum atomic E-state index is -4.41. The number of carbonyl (C=O) groups is 3. The quantitative estimate of drug-likeness (QED) is 0.574. The molecular weight excluding hydrogens is 447 g/mol. The van der Waals surface area contributed by atoms with Gasteiger partial charge < -0.3 is 15.4 Å². The van der Waals surface area contributed by atoms with Crippen LogP contribution >= 0.6 is 11.3 Å². The molecule has 0 spiro atoms. The van der Waals surface area contributed by atoms with E-state index in [0.717, 1.165) is 23.5 Å². The molecule has 11 heteroatoms. The molecule has 0 bridgehead atoms. The van der Waals surface area contributed by atoms with E-state index < -0.39 is 29.5 Å². The molecule has 0 atom stereocenters. The highest BCUT2D eigenvalue weighted by Gasteiger charge is 2.30. The monoisotopic (exact) mass is 471 g/mol. The van der Waals surface area contributed by atoms with E-state index in [1.54, 1.807) is 25.8 Å². The molecule has 1 heterocycles. The van der Waals surface area contributed by atoms with E-state index in [0.29, 0.717) is 11.1 Å². The van der Waals surface area contributed by atoms with Gasteiger partial charge in [-0.25, -0.2) is 4.79 Å². The summed E-state index contributed by atoms with van der Waals surface area (Å²) in [6.07, 6.45) is -4.41. The first-order chi connectivity index (χ1) is 15.0. The average Bonchev–Trinajstić information content (AvgIpc) is 3.02. The minimum Gasteiger partial charge on any atom is -0.462 e. The Morgan fingerprint density at radius 2 is 1.78 bits per heavy atom. The number of anilines is 1. The van der Waals surface area contributed by atoms with E-state index in [1.807, 2.05) is 0 Å². The molecule has 0 saturated heterocycles. The van der Waals surface area contributed by atoms with Crippen molar-refractivity contribution in [2.75, 3.05) is 32.6 Å². The van der Waals surface area contributed by atoms with Crippen molar-refractivity contribution < 1.29 is 32.3 Å². The van der Waals surface area contributed by atoms with Gasteiger partial charge in [-0.05, 0) is 44.2 Å². The zero-order valence-corrected chi connectivity index (χ0v) is 18.9. The highest BCUT2D eigenvalue weighted by Crippen LogP contribution is 2.34. The number of hydrogen-bond acceptors (Lipinski definition) is 6. The van der Waals surface area contributed by atoms with Crippen molar-refractivity contribution in [3.05, 3.63) is 51.4 Å². The standard InChI is InChI=1S/C21H24F3N3O4S/c1-5-31-20(30)16-12(2)17(18(29)25-3)32-19(16)26-15(28)11-27(4)10-13-6-8-14(9-7-13)21(22,23)24/h6-9H,5,10-11H2,1-4H3,(H,25,29)(H,26,28). The molecule has 0 aliphatic heterocycles. The highest BCUT2D eigenvalue weighted by molar-refractivity contribution is 7.18. The third kappa shape index (κ3) is 6.30. The molecule has 0 saturated carbocycles. The van der Waals surface area contributed by atoms with E-state index >= 15 is 0 Å². The van der Waals surface area contributed by atoms with Gasteiger partial charge in [-0.3, -0.25) is 14.5 Å². The van der Waals surface area contributed by atoms with E-state index in [9.17, 15) is 27.6 Å². The summed E-state index contributed by atoms with van der Waals surface area (Å²) in [5.41, 5.74) is 0.387. The second kappa shape index (κ2) is 10.6. The van der Waals surface area contributed by atoms with Crippen LogP contribution in [-0.2, 0) is 22.3 Å². The molecule has 7 nitrogen and oxygen atoms in total. The number of rotatable bonds is 8. The number of ether oxygens (including phenoxy) is 1. The summed E-state index contributed by atoms with van der Waals surface area (Å²) in [4.78, 5) is 38.9. The Bertz CT molecular complexity index is 987. The number of likely N-dealkylation sites (N-methyl/N-ethyl adjacent to an activating group) is 1. The summed E-state index contributed by atoms with van der Waals surface area (Å²) in [6, 6.07) is 4.69. The van der Waals surface area contributed by atoms with Gasteiger partial charge in [-0.2, -0.15) is 13.2 Å². The van der Waals surface area contributed by atoms with Crippen LogP contribution in [0.3, 0.4) is 0 Å². The van der Waals surface area contributed by atoms with Crippen LogP contribution in [0.25, 0.3) is 0 Å². The van der Waals surface area contributed by atoms with E-state index in [-0.39, 0.29) is 35.1 Å². The smallest absolute Gasteiger partial charge is 0.416 e. The molecule has 0 aliphatic rings. The van der Waals surface area contributed by atoms with Crippen LogP contribution in [0.15, 0.2) is 24.3 Å². The minimum absolute atomic E-state index is 0.0878. The van der Waals surface area contributed by atoms with Crippen molar-refractivity contribution in [2.45, 2.75) is 26.6 Å². The number of benzene rings is 1. The second-order valence-electron chi connectivity index (χ2n) is 6.98. The van der Waals surface area contributed by atoms with Crippen LogP contribution in [0.5, 0.6) is 0 Å². The fraction of sp³-hybridized carbons (Fsp3) is 0.381. The van der Waals surface area contributed by atoms with Crippen molar-refractivity contribution in [3.63, 3.8) is 0 Å². The summed E-state index contributed by atoms with van der Waals surface area (Å²) in [5, 5.41) is 5.33. The normalized spacial score (nSPS) is 11.4. The van der Waals surface area contributed by atoms with Crippen LogP contribution in [0.2, 0.25) is 0 Å². The highest BCUT2D eigenvalue weighted by atomic mass is 32.1. The maximum atomic E-state index is 12.7. The van der Waals surface area contributed by atoms with Crippen LogP contribution in [0, 0.1) is 6.92 Å². The first-order valence-electron chi connectivity index (χ1n) is 9.65. The number of hydrogen-bond donors (Lipinski definition) is 2. The van der Waals surface area contributed by atoms with Crippen molar-refractivity contribution in [1.82, 2.24) is 10.2 Å². The Labute approximate surface area is 187 Å². The molecule has 1 aromatic heterocycles. The average molecular weight is 472 g/mol. The molecule has 174 valence electrons. The van der Waals surface area contributed by atoms with Gasteiger partial charge in [-0.1, -0.05) is 12.1 Å². The van der Waals surface area contributed by atoms with E-state index in [2.05, 4.69) is 10.6 Å². The maximum Gasteiger partial charge on any atom is 0.416 e. The summed E-state index contributed by atoms with van der Waals surface area (Å²) in [5.74, 6) is -1.49. The predicted octanol–water partition coefficient (Wildman–Crippen LogP) is 3.68. The number of carbonyl (C=O) groups excluding carboxylic acids is 3. The fourth-order valence-corrected chi connectivity index (χ4v) is 4.12. The van der Waals surface area contributed by atoms with Crippen molar-refractivity contribution in [3.8, 4) is 0 Å². The number of thiophene rings is 1. The molecular formula is C21H24F3N3O4S. The summed E-state index contributed by atoms with van der Waals surface area (Å²) < 4.78 is 43.1. The van der Waals surface area contributed by atoms with Crippen LogP contribution < -0.4 is 10.6 Å². The van der Waals surface area contributed by atoms with Crippen LogP contribution in [0.1, 0.15) is 43.6 Å². The largest absolute Gasteiger partial charge is 0.462 e. The molecule has 0 aliphatic carbocycles. The Kier molecular flexibility index (Phi) is 8.39. The lowest BCUT2D eigenvalue weighted by Gasteiger charge is -2.17. The summed E-state index contributed by atoms with van der Waals surface area (Å²) >= 11 is 0.966. The SMILES string of the molecule is CCOC(=O)c1c(NC(=O)CN(C)Cc2ccc(C(F)(F)F)cc2)sc(C(=O)NC)c1C. The predicted molar refractivity (Wildman–Crippen MR) is 115 cm³/mol. The molecule has 1 aromatic carbocycles.